The van der Waals surface area contributed by atoms with Crippen LogP contribution in [0.25, 0.3) is 104 Å². The summed E-state index contributed by atoms with van der Waals surface area (Å²) in [6.45, 7) is 0. The van der Waals surface area contributed by atoms with Gasteiger partial charge in [0, 0.05) is 49.1 Å². The molecule has 0 aliphatic carbocycles. The van der Waals surface area contributed by atoms with Gasteiger partial charge in [0.1, 0.15) is 0 Å². The van der Waals surface area contributed by atoms with Crippen LogP contribution in [0, 0.1) is 0 Å². The smallest absolute Gasteiger partial charge is 0.0549 e. The fourth-order valence-corrected chi connectivity index (χ4v) is 9.25. The van der Waals surface area contributed by atoms with Crippen molar-refractivity contribution < 1.29 is 0 Å². The van der Waals surface area contributed by atoms with E-state index < -0.39 is 0 Å². The molecule has 0 unspecified atom stereocenters. The predicted octanol–water partition coefficient (Wildman–Crippen LogP) is 12.7. The molecule has 0 radical (unpaired) electrons. The number of aromatic nitrogens is 3. The Morgan fingerprint density at radius 3 is 1.27 bits per heavy atom. The quantitative estimate of drug-likeness (QED) is 0.170. The summed E-state index contributed by atoms with van der Waals surface area (Å²) < 4.78 is 7.40. The van der Waals surface area contributed by atoms with E-state index >= 15 is 0 Å². The van der Waals surface area contributed by atoms with Gasteiger partial charge in [-0.1, -0.05) is 109 Å². The van der Waals surface area contributed by atoms with Crippen molar-refractivity contribution in [1.82, 2.24) is 13.7 Å². The van der Waals surface area contributed by atoms with Crippen LogP contribution in [0.3, 0.4) is 0 Å². The van der Waals surface area contributed by atoms with E-state index in [9.17, 15) is 0 Å². The second-order valence-electron chi connectivity index (χ2n) is 13.7. The summed E-state index contributed by atoms with van der Waals surface area (Å²) in [6, 6.07) is 64.5. The van der Waals surface area contributed by atoms with Crippen LogP contribution in [-0.2, 0) is 0 Å². The highest BCUT2D eigenvalue weighted by molar-refractivity contribution is 6.37. The molecule has 0 N–H and O–H groups in total. The van der Waals surface area contributed by atoms with Gasteiger partial charge in [0.2, 0.25) is 0 Å². The average molecular weight is 648 g/mol. The van der Waals surface area contributed by atoms with E-state index in [0.29, 0.717) is 0 Å². The van der Waals surface area contributed by atoms with Crippen molar-refractivity contribution in [2.45, 2.75) is 0 Å². The molecule has 3 aromatic heterocycles. The Kier molecular flexibility index (Phi) is 5.23. The van der Waals surface area contributed by atoms with E-state index in [2.05, 4.69) is 190 Å². The Morgan fingerprint density at radius 1 is 0.216 bits per heavy atom. The van der Waals surface area contributed by atoms with Crippen molar-refractivity contribution in [2.24, 2.45) is 0 Å². The van der Waals surface area contributed by atoms with Crippen molar-refractivity contribution in [3.63, 3.8) is 0 Å². The van der Waals surface area contributed by atoms with Crippen LogP contribution in [-0.4, -0.2) is 13.7 Å². The Morgan fingerprint density at radius 2 is 0.608 bits per heavy atom. The highest BCUT2D eigenvalue weighted by Gasteiger charge is 2.25. The van der Waals surface area contributed by atoms with Gasteiger partial charge in [-0.3, -0.25) is 0 Å². The topological polar surface area (TPSA) is 14.8 Å². The molecular formula is C48H29N3. The SMILES string of the molecule is c1ccc(-n2c3ccccc3c3c4c5ccccc5n(-c5ccc6c7c5c5ccccc5c5cccc(c57)n6-c5ccccc5)c4ccc32)cc1. The first kappa shape index (κ1) is 27.0. The summed E-state index contributed by atoms with van der Waals surface area (Å²) in [6.07, 6.45) is 0. The molecule has 0 aliphatic rings. The first-order valence-corrected chi connectivity index (χ1v) is 17.6. The normalized spacial score (nSPS) is 12.3. The lowest BCUT2D eigenvalue weighted by Crippen LogP contribution is -1.97. The molecule has 0 fully saturated rings. The maximum atomic E-state index is 2.53. The molecule has 0 atom stereocenters. The second-order valence-corrected chi connectivity index (χ2v) is 13.7. The molecule has 0 saturated heterocycles. The maximum Gasteiger partial charge on any atom is 0.0549 e. The van der Waals surface area contributed by atoms with Crippen molar-refractivity contribution >= 4 is 87.0 Å². The fourth-order valence-electron chi connectivity index (χ4n) is 9.25. The van der Waals surface area contributed by atoms with Crippen LogP contribution < -0.4 is 0 Å². The molecular weight excluding hydrogens is 619 g/mol. The van der Waals surface area contributed by atoms with E-state index in [4.69, 9.17) is 0 Å². The molecule has 12 rings (SSSR count). The number of hydrogen-bond donors (Lipinski definition) is 0. The molecule has 0 saturated carbocycles. The van der Waals surface area contributed by atoms with Crippen molar-refractivity contribution in [3.05, 3.63) is 176 Å². The van der Waals surface area contributed by atoms with Gasteiger partial charge in [0.25, 0.3) is 0 Å². The Bertz CT molecular complexity index is 3340. The van der Waals surface area contributed by atoms with E-state index in [1.54, 1.807) is 0 Å². The fraction of sp³-hybridized carbons (Fsp3) is 0. The monoisotopic (exact) mass is 647 g/mol. The Labute approximate surface area is 292 Å². The number of fused-ring (bicyclic) bond motifs is 10. The molecule has 236 valence electrons. The van der Waals surface area contributed by atoms with Crippen LogP contribution in [0.15, 0.2) is 176 Å². The summed E-state index contributed by atoms with van der Waals surface area (Å²) >= 11 is 0. The number of benzene rings is 9. The van der Waals surface area contributed by atoms with Crippen LogP contribution in [0.4, 0.5) is 0 Å². The summed E-state index contributed by atoms with van der Waals surface area (Å²) in [7, 11) is 0. The summed E-state index contributed by atoms with van der Waals surface area (Å²) in [4.78, 5) is 0. The summed E-state index contributed by atoms with van der Waals surface area (Å²) in [5.74, 6) is 0. The van der Waals surface area contributed by atoms with Gasteiger partial charge in [-0.2, -0.15) is 0 Å². The van der Waals surface area contributed by atoms with E-state index in [0.717, 1.165) is 0 Å². The van der Waals surface area contributed by atoms with E-state index in [1.807, 2.05) is 0 Å². The van der Waals surface area contributed by atoms with Gasteiger partial charge >= 0.3 is 0 Å². The van der Waals surface area contributed by atoms with Crippen LogP contribution in [0.2, 0.25) is 0 Å². The molecule has 12 aromatic rings. The van der Waals surface area contributed by atoms with Crippen LogP contribution in [0.5, 0.6) is 0 Å². The minimum atomic E-state index is 1.17. The standard InChI is InChI=1S/C48H29N3/c1-3-14-30(15-4-1)49-37-23-11-9-20-35(37)46-40(49)26-27-42-47(46)36-21-10-12-24-38(36)51(42)41-28-29-43-48-44-34(32-18-7-8-19-33(32)45(41)48)22-13-25-39(44)50(43)31-16-5-2-6-17-31/h1-29H. The van der Waals surface area contributed by atoms with Crippen LogP contribution >= 0.6 is 0 Å². The van der Waals surface area contributed by atoms with Gasteiger partial charge in [0.05, 0.1) is 38.8 Å². The highest BCUT2D eigenvalue weighted by Crippen LogP contribution is 2.48. The molecule has 9 aromatic carbocycles. The lowest BCUT2D eigenvalue weighted by atomic mass is 9.93. The third-order valence-corrected chi connectivity index (χ3v) is 11.2. The minimum Gasteiger partial charge on any atom is -0.309 e. The molecule has 3 heterocycles. The largest absolute Gasteiger partial charge is 0.309 e. The van der Waals surface area contributed by atoms with E-state index in [-0.39, 0.29) is 0 Å². The van der Waals surface area contributed by atoms with Crippen molar-refractivity contribution in [2.75, 3.05) is 0 Å². The second kappa shape index (κ2) is 9.87. The molecule has 0 bridgehead atoms. The van der Waals surface area contributed by atoms with Crippen LogP contribution in [0.1, 0.15) is 0 Å². The Hall–Kier alpha value is -6.84. The zero-order valence-electron chi connectivity index (χ0n) is 27.6. The summed E-state index contributed by atoms with van der Waals surface area (Å²) in [5, 5.41) is 12.9. The van der Waals surface area contributed by atoms with Crippen molar-refractivity contribution in [1.29, 1.82) is 0 Å². The number of hydrogen-bond acceptors (Lipinski definition) is 0. The molecule has 3 heteroatoms. The third-order valence-electron chi connectivity index (χ3n) is 11.2. The lowest BCUT2D eigenvalue weighted by Gasteiger charge is -2.16. The lowest BCUT2D eigenvalue weighted by molar-refractivity contribution is 1.17. The molecule has 0 spiro atoms. The van der Waals surface area contributed by atoms with Gasteiger partial charge in [0.15, 0.2) is 0 Å². The number of rotatable bonds is 3. The predicted molar refractivity (Wildman–Crippen MR) is 216 cm³/mol. The first-order valence-electron chi connectivity index (χ1n) is 17.6. The van der Waals surface area contributed by atoms with Crippen molar-refractivity contribution in [3.8, 4) is 17.1 Å². The summed E-state index contributed by atoms with van der Waals surface area (Å²) in [5.41, 5.74) is 10.9. The van der Waals surface area contributed by atoms with Gasteiger partial charge in [-0.05, 0) is 82.9 Å². The molecule has 3 nitrogen and oxygen atoms in total. The van der Waals surface area contributed by atoms with Gasteiger partial charge < -0.3 is 13.7 Å². The van der Waals surface area contributed by atoms with Gasteiger partial charge in [-0.25, -0.2) is 0 Å². The highest BCUT2D eigenvalue weighted by atomic mass is 15.0. The minimum absolute atomic E-state index is 1.17. The molecule has 0 amide bonds. The zero-order chi connectivity index (χ0) is 33.2. The molecule has 51 heavy (non-hydrogen) atoms. The number of nitrogens with zero attached hydrogens (tertiary/aromatic N) is 3. The number of para-hydroxylation sites is 4. The molecule has 0 aliphatic heterocycles. The maximum absolute atomic E-state index is 2.53. The zero-order valence-corrected chi connectivity index (χ0v) is 27.6. The third kappa shape index (κ3) is 3.42. The van der Waals surface area contributed by atoms with Gasteiger partial charge in [-0.15, -0.1) is 0 Å². The first-order chi connectivity index (χ1) is 25.4. The van der Waals surface area contributed by atoms with E-state index in [1.165, 1.54) is 104 Å². The Balaban J connectivity index is 1.29. The average Bonchev–Trinajstić information content (AvgIpc) is 3.84.